The minimum atomic E-state index is -3.17. The Labute approximate surface area is 142 Å². The maximum atomic E-state index is 13.3. The van der Waals surface area contributed by atoms with Crippen LogP contribution in [0.1, 0.15) is 35.7 Å². The third-order valence-corrected chi connectivity index (χ3v) is 5.64. The summed E-state index contributed by atoms with van der Waals surface area (Å²) in [4.78, 5) is 4.69. The SMILES string of the molecule is CS(=O)(=O)N1CCC[C@@H](c2cccc(Cc3cccc(F)c3)n2)C1. The average molecular weight is 348 g/mol. The number of hydrogen-bond acceptors (Lipinski definition) is 3. The van der Waals surface area contributed by atoms with Crippen LogP contribution in [0.5, 0.6) is 0 Å². The normalized spacial score (nSPS) is 19.3. The molecule has 0 bridgehead atoms. The van der Waals surface area contributed by atoms with Crippen molar-refractivity contribution >= 4 is 10.0 Å². The van der Waals surface area contributed by atoms with Crippen LogP contribution in [0.15, 0.2) is 42.5 Å². The molecule has 0 spiro atoms. The largest absolute Gasteiger partial charge is 0.257 e. The molecule has 1 aromatic heterocycles. The summed E-state index contributed by atoms with van der Waals surface area (Å²) in [6, 6.07) is 12.3. The maximum Gasteiger partial charge on any atom is 0.211 e. The Kier molecular flexibility index (Phi) is 4.96. The van der Waals surface area contributed by atoms with E-state index in [0.717, 1.165) is 29.8 Å². The highest BCUT2D eigenvalue weighted by Crippen LogP contribution is 2.27. The van der Waals surface area contributed by atoms with E-state index >= 15 is 0 Å². The summed E-state index contributed by atoms with van der Waals surface area (Å²) in [6.07, 6.45) is 3.59. The Balaban J connectivity index is 1.77. The van der Waals surface area contributed by atoms with Gasteiger partial charge in [-0.25, -0.2) is 17.1 Å². The number of piperidine rings is 1. The zero-order valence-corrected chi connectivity index (χ0v) is 14.5. The van der Waals surface area contributed by atoms with Crippen molar-refractivity contribution in [1.29, 1.82) is 0 Å². The smallest absolute Gasteiger partial charge is 0.211 e. The number of sulfonamides is 1. The van der Waals surface area contributed by atoms with Crippen molar-refractivity contribution in [3.05, 3.63) is 65.2 Å². The van der Waals surface area contributed by atoms with Gasteiger partial charge >= 0.3 is 0 Å². The van der Waals surface area contributed by atoms with E-state index in [-0.39, 0.29) is 11.7 Å². The number of hydrogen-bond donors (Lipinski definition) is 0. The number of aromatic nitrogens is 1. The summed E-state index contributed by atoms with van der Waals surface area (Å²) in [5.41, 5.74) is 2.66. The van der Waals surface area contributed by atoms with Crippen molar-refractivity contribution in [2.75, 3.05) is 19.3 Å². The molecule has 0 saturated carbocycles. The van der Waals surface area contributed by atoms with Crippen LogP contribution in [0.2, 0.25) is 0 Å². The third kappa shape index (κ3) is 4.19. The van der Waals surface area contributed by atoms with Gasteiger partial charge in [-0.05, 0) is 42.7 Å². The summed E-state index contributed by atoms with van der Waals surface area (Å²) in [7, 11) is -3.17. The van der Waals surface area contributed by atoms with Crippen LogP contribution in [0, 0.1) is 5.82 Å². The molecule has 1 aromatic carbocycles. The van der Waals surface area contributed by atoms with Gasteiger partial charge in [-0.1, -0.05) is 18.2 Å². The highest BCUT2D eigenvalue weighted by molar-refractivity contribution is 7.88. The molecule has 1 atom stereocenters. The number of pyridine rings is 1. The highest BCUT2D eigenvalue weighted by atomic mass is 32.2. The van der Waals surface area contributed by atoms with Crippen LogP contribution >= 0.6 is 0 Å². The van der Waals surface area contributed by atoms with Crippen LogP contribution in [0.25, 0.3) is 0 Å². The molecular weight excluding hydrogens is 327 g/mol. The summed E-state index contributed by atoms with van der Waals surface area (Å²) in [6.45, 7) is 1.06. The number of rotatable bonds is 4. The van der Waals surface area contributed by atoms with Crippen LogP contribution in [-0.2, 0) is 16.4 Å². The summed E-state index contributed by atoms with van der Waals surface area (Å²) in [5.74, 6) is -0.138. The van der Waals surface area contributed by atoms with E-state index in [1.54, 1.807) is 6.07 Å². The zero-order chi connectivity index (χ0) is 17.2. The first-order chi connectivity index (χ1) is 11.4. The highest BCUT2D eigenvalue weighted by Gasteiger charge is 2.27. The van der Waals surface area contributed by atoms with Crippen molar-refractivity contribution in [2.45, 2.75) is 25.2 Å². The van der Waals surface area contributed by atoms with Gasteiger partial charge in [0.1, 0.15) is 5.82 Å². The van der Waals surface area contributed by atoms with Crippen molar-refractivity contribution in [3.8, 4) is 0 Å². The molecule has 128 valence electrons. The molecule has 2 aromatic rings. The topological polar surface area (TPSA) is 50.3 Å². The molecule has 2 heterocycles. The second-order valence-electron chi connectivity index (χ2n) is 6.32. The average Bonchev–Trinajstić information content (AvgIpc) is 2.54. The minimum absolute atomic E-state index is 0.112. The first-order valence-corrected chi connectivity index (χ1v) is 9.92. The molecule has 1 aliphatic heterocycles. The van der Waals surface area contributed by atoms with E-state index in [2.05, 4.69) is 0 Å². The zero-order valence-electron chi connectivity index (χ0n) is 13.7. The fraction of sp³-hybridized carbons (Fsp3) is 0.389. The van der Waals surface area contributed by atoms with Crippen LogP contribution < -0.4 is 0 Å². The number of benzene rings is 1. The molecule has 24 heavy (non-hydrogen) atoms. The molecule has 3 rings (SSSR count). The molecule has 0 aliphatic carbocycles. The van der Waals surface area contributed by atoms with Gasteiger partial charge in [0.05, 0.1) is 6.26 Å². The lowest BCUT2D eigenvalue weighted by atomic mass is 9.95. The molecule has 1 saturated heterocycles. The van der Waals surface area contributed by atoms with Crippen LogP contribution in [0.4, 0.5) is 4.39 Å². The molecule has 6 heteroatoms. The minimum Gasteiger partial charge on any atom is -0.257 e. The van der Waals surface area contributed by atoms with E-state index < -0.39 is 10.0 Å². The first-order valence-electron chi connectivity index (χ1n) is 8.07. The second kappa shape index (κ2) is 6.99. The van der Waals surface area contributed by atoms with E-state index in [0.29, 0.717) is 19.5 Å². The predicted octanol–water partition coefficient (Wildman–Crippen LogP) is 2.95. The lowest BCUT2D eigenvalue weighted by molar-refractivity contribution is 0.314. The van der Waals surface area contributed by atoms with Crippen molar-refractivity contribution in [1.82, 2.24) is 9.29 Å². The van der Waals surface area contributed by atoms with E-state index in [4.69, 9.17) is 4.98 Å². The summed E-state index contributed by atoms with van der Waals surface area (Å²) in [5, 5.41) is 0. The quantitative estimate of drug-likeness (QED) is 0.854. The van der Waals surface area contributed by atoms with E-state index in [1.165, 1.54) is 22.7 Å². The Morgan fingerprint density at radius 2 is 2.04 bits per heavy atom. The van der Waals surface area contributed by atoms with Gasteiger partial charge in [0.15, 0.2) is 0 Å². The standard InChI is InChI=1S/C18H21FN2O2S/c1-24(22,23)21-10-4-6-15(13-21)18-9-3-8-17(20-18)12-14-5-2-7-16(19)11-14/h2-3,5,7-9,11,15H,4,6,10,12-13H2,1H3/t15-/m1/s1. The summed E-state index contributed by atoms with van der Waals surface area (Å²) >= 11 is 0. The Bertz CT molecular complexity index is 823. The van der Waals surface area contributed by atoms with Crippen molar-refractivity contribution in [2.24, 2.45) is 0 Å². The van der Waals surface area contributed by atoms with Crippen molar-refractivity contribution in [3.63, 3.8) is 0 Å². The Hall–Kier alpha value is -1.79. The Morgan fingerprint density at radius 1 is 1.25 bits per heavy atom. The summed E-state index contributed by atoms with van der Waals surface area (Å²) < 4.78 is 38.4. The number of nitrogens with zero attached hydrogens (tertiary/aromatic N) is 2. The molecule has 0 radical (unpaired) electrons. The van der Waals surface area contributed by atoms with Gasteiger partial charge in [0, 0.05) is 36.8 Å². The molecule has 0 N–H and O–H groups in total. The molecular formula is C18H21FN2O2S. The maximum absolute atomic E-state index is 13.3. The fourth-order valence-corrected chi connectivity index (χ4v) is 4.08. The molecule has 1 aliphatic rings. The fourth-order valence-electron chi connectivity index (χ4n) is 3.17. The van der Waals surface area contributed by atoms with Crippen molar-refractivity contribution < 1.29 is 12.8 Å². The van der Waals surface area contributed by atoms with Crippen LogP contribution in [-0.4, -0.2) is 37.1 Å². The van der Waals surface area contributed by atoms with Crippen LogP contribution in [0.3, 0.4) is 0 Å². The van der Waals surface area contributed by atoms with Gasteiger partial charge in [-0.3, -0.25) is 4.98 Å². The monoisotopic (exact) mass is 348 g/mol. The first kappa shape index (κ1) is 17.0. The Morgan fingerprint density at radius 3 is 2.79 bits per heavy atom. The molecule has 0 amide bonds. The van der Waals surface area contributed by atoms with Gasteiger partial charge < -0.3 is 0 Å². The predicted molar refractivity (Wildman–Crippen MR) is 91.8 cm³/mol. The van der Waals surface area contributed by atoms with Gasteiger partial charge in [-0.15, -0.1) is 0 Å². The van der Waals surface area contributed by atoms with Gasteiger partial charge in [0.2, 0.25) is 10.0 Å². The molecule has 1 fully saturated rings. The van der Waals surface area contributed by atoms with Gasteiger partial charge in [-0.2, -0.15) is 0 Å². The van der Waals surface area contributed by atoms with E-state index in [1.807, 2.05) is 24.3 Å². The number of halogens is 1. The van der Waals surface area contributed by atoms with Gasteiger partial charge in [0.25, 0.3) is 0 Å². The second-order valence-corrected chi connectivity index (χ2v) is 8.30. The lowest BCUT2D eigenvalue weighted by Gasteiger charge is -2.30. The van der Waals surface area contributed by atoms with E-state index in [9.17, 15) is 12.8 Å². The lowest BCUT2D eigenvalue weighted by Crippen LogP contribution is -2.38. The third-order valence-electron chi connectivity index (χ3n) is 4.37. The molecule has 4 nitrogen and oxygen atoms in total. The molecule has 0 unspecified atom stereocenters.